The lowest BCUT2D eigenvalue weighted by Crippen LogP contribution is -2.34. The minimum Gasteiger partial charge on any atom is -0.461 e. The number of hydrogen-bond donors (Lipinski definition) is 1. The van der Waals surface area contributed by atoms with Crippen molar-refractivity contribution in [3.8, 4) is 0 Å². The molecular formula is C18H24N2O. The SMILES string of the molecule is CCC1C2CNCC2CN1Cc1c(C)oc2ccccc12. The molecule has 3 unspecified atom stereocenters. The summed E-state index contributed by atoms with van der Waals surface area (Å²) < 4.78 is 5.93. The van der Waals surface area contributed by atoms with Gasteiger partial charge >= 0.3 is 0 Å². The van der Waals surface area contributed by atoms with Gasteiger partial charge in [0.1, 0.15) is 11.3 Å². The van der Waals surface area contributed by atoms with E-state index < -0.39 is 0 Å². The average Bonchev–Trinajstić information content (AvgIpc) is 3.13. The average molecular weight is 284 g/mol. The van der Waals surface area contributed by atoms with Crippen LogP contribution in [0.3, 0.4) is 0 Å². The largest absolute Gasteiger partial charge is 0.461 e. The molecule has 0 bridgehead atoms. The summed E-state index contributed by atoms with van der Waals surface area (Å²) in [6.45, 7) is 9.10. The van der Waals surface area contributed by atoms with Crippen LogP contribution in [0.2, 0.25) is 0 Å². The van der Waals surface area contributed by atoms with Crippen LogP contribution in [-0.4, -0.2) is 30.6 Å². The number of hydrogen-bond acceptors (Lipinski definition) is 3. The van der Waals surface area contributed by atoms with Crippen molar-refractivity contribution in [1.82, 2.24) is 10.2 Å². The number of para-hydroxylation sites is 1. The van der Waals surface area contributed by atoms with E-state index in [9.17, 15) is 0 Å². The van der Waals surface area contributed by atoms with Crippen molar-refractivity contribution in [2.24, 2.45) is 11.8 Å². The van der Waals surface area contributed by atoms with Crippen LogP contribution in [0, 0.1) is 18.8 Å². The van der Waals surface area contributed by atoms with Gasteiger partial charge in [-0.2, -0.15) is 0 Å². The first-order valence-corrected chi connectivity index (χ1v) is 8.19. The van der Waals surface area contributed by atoms with Crippen LogP contribution in [0.1, 0.15) is 24.7 Å². The Balaban J connectivity index is 1.64. The van der Waals surface area contributed by atoms with Gasteiger partial charge < -0.3 is 9.73 Å². The number of rotatable bonds is 3. The Labute approximate surface area is 126 Å². The van der Waals surface area contributed by atoms with Crippen LogP contribution >= 0.6 is 0 Å². The lowest BCUT2D eigenvalue weighted by Gasteiger charge is -2.26. The van der Waals surface area contributed by atoms with Crippen LogP contribution in [0.5, 0.6) is 0 Å². The molecule has 0 aliphatic carbocycles. The zero-order valence-corrected chi connectivity index (χ0v) is 12.9. The summed E-state index contributed by atoms with van der Waals surface area (Å²) in [6.07, 6.45) is 1.25. The van der Waals surface area contributed by atoms with E-state index >= 15 is 0 Å². The predicted octanol–water partition coefficient (Wildman–Crippen LogP) is 3.17. The minimum absolute atomic E-state index is 0.720. The maximum atomic E-state index is 5.93. The number of nitrogens with zero attached hydrogens (tertiary/aromatic N) is 1. The van der Waals surface area contributed by atoms with Crippen LogP contribution in [0.15, 0.2) is 28.7 Å². The number of benzene rings is 1. The zero-order chi connectivity index (χ0) is 14.4. The number of likely N-dealkylation sites (tertiary alicyclic amines) is 1. The monoisotopic (exact) mass is 284 g/mol. The van der Waals surface area contributed by atoms with Gasteiger partial charge in [-0.3, -0.25) is 4.90 Å². The molecule has 3 heterocycles. The third kappa shape index (κ3) is 2.11. The predicted molar refractivity (Wildman–Crippen MR) is 85.3 cm³/mol. The van der Waals surface area contributed by atoms with Crippen molar-refractivity contribution in [1.29, 1.82) is 0 Å². The summed E-state index contributed by atoms with van der Waals surface area (Å²) in [5, 5.41) is 4.86. The van der Waals surface area contributed by atoms with E-state index in [-0.39, 0.29) is 0 Å². The van der Waals surface area contributed by atoms with Crippen molar-refractivity contribution in [3.05, 3.63) is 35.6 Å². The lowest BCUT2D eigenvalue weighted by molar-refractivity contribution is 0.210. The van der Waals surface area contributed by atoms with Gasteiger partial charge in [0, 0.05) is 30.1 Å². The summed E-state index contributed by atoms with van der Waals surface area (Å²) in [7, 11) is 0. The summed E-state index contributed by atoms with van der Waals surface area (Å²) in [5.74, 6) is 2.77. The van der Waals surface area contributed by atoms with E-state index in [4.69, 9.17) is 4.42 Å². The molecule has 3 heteroatoms. The molecule has 21 heavy (non-hydrogen) atoms. The number of fused-ring (bicyclic) bond motifs is 2. The van der Waals surface area contributed by atoms with Crippen molar-refractivity contribution >= 4 is 11.0 Å². The molecular weight excluding hydrogens is 260 g/mol. The molecule has 2 aliphatic heterocycles. The summed E-state index contributed by atoms with van der Waals surface area (Å²) in [5.41, 5.74) is 2.41. The summed E-state index contributed by atoms with van der Waals surface area (Å²) >= 11 is 0. The highest BCUT2D eigenvalue weighted by molar-refractivity contribution is 5.82. The highest BCUT2D eigenvalue weighted by Gasteiger charge is 2.43. The first kappa shape index (κ1) is 13.4. The van der Waals surface area contributed by atoms with Crippen molar-refractivity contribution in [3.63, 3.8) is 0 Å². The van der Waals surface area contributed by atoms with E-state index in [1.807, 2.05) is 0 Å². The molecule has 4 rings (SSSR count). The van der Waals surface area contributed by atoms with Crippen molar-refractivity contribution < 1.29 is 4.42 Å². The summed E-state index contributed by atoms with van der Waals surface area (Å²) in [4.78, 5) is 2.69. The van der Waals surface area contributed by atoms with E-state index in [1.54, 1.807) is 0 Å². The molecule has 0 saturated carbocycles. The van der Waals surface area contributed by atoms with E-state index in [0.717, 1.165) is 35.8 Å². The lowest BCUT2D eigenvalue weighted by atomic mass is 9.93. The van der Waals surface area contributed by atoms with E-state index in [2.05, 4.69) is 48.3 Å². The van der Waals surface area contributed by atoms with Crippen LogP contribution in [0.25, 0.3) is 11.0 Å². The van der Waals surface area contributed by atoms with Crippen LogP contribution < -0.4 is 5.32 Å². The molecule has 0 amide bonds. The molecule has 0 radical (unpaired) electrons. The van der Waals surface area contributed by atoms with Gasteiger partial charge in [-0.1, -0.05) is 25.1 Å². The Morgan fingerprint density at radius 1 is 1.29 bits per heavy atom. The first-order chi connectivity index (χ1) is 10.3. The topological polar surface area (TPSA) is 28.4 Å². The Morgan fingerprint density at radius 3 is 3.00 bits per heavy atom. The van der Waals surface area contributed by atoms with Crippen molar-refractivity contribution in [2.45, 2.75) is 32.9 Å². The molecule has 3 atom stereocenters. The Morgan fingerprint density at radius 2 is 2.14 bits per heavy atom. The van der Waals surface area contributed by atoms with E-state index in [0.29, 0.717) is 0 Å². The molecule has 3 nitrogen and oxygen atoms in total. The van der Waals surface area contributed by atoms with Gasteiger partial charge in [-0.15, -0.1) is 0 Å². The Bertz CT molecular complexity index is 648. The van der Waals surface area contributed by atoms with E-state index in [1.165, 1.54) is 37.0 Å². The molecule has 1 N–H and O–H groups in total. The highest BCUT2D eigenvalue weighted by Crippen LogP contribution is 2.36. The van der Waals surface area contributed by atoms with Gasteiger partial charge in [0.25, 0.3) is 0 Å². The fraction of sp³-hybridized carbons (Fsp3) is 0.556. The number of aryl methyl sites for hydroxylation is 1. The Kier molecular flexibility index (Phi) is 3.27. The smallest absolute Gasteiger partial charge is 0.134 e. The second-order valence-electron chi connectivity index (χ2n) is 6.62. The number of nitrogens with one attached hydrogen (secondary N) is 1. The molecule has 2 fully saturated rings. The van der Waals surface area contributed by atoms with Crippen LogP contribution in [0.4, 0.5) is 0 Å². The quantitative estimate of drug-likeness (QED) is 0.938. The van der Waals surface area contributed by atoms with Crippen molar-refractivity contribution in [2.75, 3.05) is 19.6 Å². The zero-order valence-electron chi connectivity index (χ0n) is 12.9. The molecule has 2 aromatic rings. The van der Waals surface area contributed by atoms with Gasteiger partial charge in [-0.25, -0.2) is 0 Å². The normalized spacial score (nSPS) is 29.3. The molecule has 1 aromatic heterocycles. The highest BCUT2D eigenvalue weighted by atomic mass is 16.3. The minimum atomic E-state index is 0.720. The van der Waals surface area contributed by atoms with Gasteiger partial charge in [0.2, 0.25) is 0 Å². The van der Waals surface area contributed by atoms with Gasteiger partial charge in [-0.05, 0) is 44.3 Å². The fourth-order valence-corrected chi connectivity index (χ4v) is 4.47. The summed E-state index contributed by atoms with van der Waals surface area (Å²) in [6, 6.07) is 9.15. The maximum Gasteiger partial charge on any atom is 0.134 e. The molecule has 2 saturated heterocycles. The molecule has 2 aliphatic rings. The van der Waals surface area contributed by atoms with Gasteiger partial charge in [0.15, 0.2) is 0 Å². The third-order valence-electron chi connectivity index (χ3n) is 5.50. The second-order valence-corrected chi connectivity index (χ2v) is 6.62. The molecule has 1 aromatic carbocycles. The fourth-order valence-electron chi connectivity index (χ4n) is 4.47. The number of furan rings is 1. The molecule has 0 spiro atoms. The standard InChI is InChI=1S/C18H24N2O/c1-3-17-15-9-19-8-13(15)10-20(17)11-16-12(2)21-18-7-5-4-6-14(16)18/h4-7,13,15,17,19H,3,8-11H2,1-2H3. The Hall–Kier alpha value is -1.32. The van der Waals surface area contributed by atoms with Crippen LogP contribution in [-0.2, 0) is 6.54 Å². The second kappa shape index (κ2) is 5.15. The molecule has 112 valence electrons. The maximum absolute atomic E-state index is 5.93. The third-order valence-corrected chi connectivity index (χ3v) is 5.50. The van der Waals surface area contributed by atoms with Gasteiger partial charge in [0.05, 0.1) is 0 Å². The first-order valence-electron chi connectivity index (χ1n) is 8.19.